The molecule has 4 rings (SSSR count). The number of hydrogen-bond acceptors (Lipinski definition) is 3. The number of aromatic nitrogens is 2. The summed E-state index contributed by atoms with van der Waals surface area (Å²) in [5, 5.41) is 0. The highest BCUT2D eigenvalue weighted by Crippen LogP contribution is 2.38. The Balaban J connectivity index is 1.65. The van der Waals surface area contributed by atoms with E-state index < -0.39 is 35.3 Å². The van der Waals surface area contributed by atoms with Crippen LogP contribution in [0.15, 0.2) is 67.3 Å². The first kappa shape index (κ1) is 20.7. The Kier molecular flexibility index (Phi) is 5.75. The molecule has 0 spiro atoms. The Morgan fingerprint density at radius 2 is 1.81 bits per heavy atom. The summed E-state index contributed by atoms with van der Waals surface area (Å²) < 4.78 is 15.5. The summed E-state index contributed by atoms with van der Waals surface area (Å²) >= 11 is 0. The maximum absolute atomic E-state index is 13.5. The number of likely N-dealkylation sites (tertiary alicyclic amines) is 1. The number of carbonyl (C=O) groups excluding carboxylic acids is 3. The number of halogens is 1. The fourth-order valence-corrected chi connectivity index (χ4v) is 4.04. The predicted molar refractivity (Wildman–Crippen MR) is 110 cm³/mol. The average molecular weight is 420 g/mol. The van der Waals surface area contributed by atoms with Crippen molar-refractivity contribution < 1.29 is 23.3 Å². The highest BCUT2D eigenvalue weighted by Gasteiger charge is 2.51. The van der Waals surface area contributed by atoms with Gasteiger partial charge in [-0.15, -0.1) is 0 Å². The second-order valence-electron chi connectivity index (χ2n) is 7.77. The molecular formula is C24H23FN3O3+. The van der Waals surface area contributed by atoms with Gasteiger partial charge in [0.2, 0.25) is 12.1 Å². The lowest BCUT2D eigenvalue weighted by molar-refractivity contribution is -0.695. The third-order valence-electron chi connectivity index (χ3n) is 5.65. The molecule has 0 bridgehead atoms. The van der Waals surface area contributed by atoms with Gasteiger partial charge in [-0.2, -0.15) is 0 Å². The van der Waals surface area contributed by atoms with Gasteiger partial charge >= 0.3 is 0 Å². The van der Waals surface area contributed by atoms with Gasteiger partial charge < -0.3 is 4.90 Å². The van der Waals surface area contributed by atoms with Gasteiger partial charge in [0.05, 0.1) is 12.6 Å². The maximum atomic E-state index is 13.5. The van der Waals surface area contributed by atoms with Gasteiger partial charge in [0, 0.05) is 18.5 Å². The molecule has 3 aromatic rings. The summed E-state index contributed by atoms with van der Waals surface area (Å²) in [4.78, 5) is 43.5. The van der Waals surface area contributed by atoms with Crippen LogP contribution in [0.4, 0.5) is 4.39 Å². The molecule has 31 heavy (non-hydrogen) atoms. The van der Waals surface area contributed by atoms with Gasteiger partial charge in [-0.25, -0.2) is 8.96 Å². The minimum absolute atomic E-state index is 0.308. The van der Waals surface area contributed by atoms with Crippen molar-refractivity contribution in [3.63, 3.8) is 0 Å². The number of rotatable bonds is 7. The molecule has 158 valence electrons. The van der Waals surface area contributed by atoms with Crippen LogP contribution in [0.5, 0.6) is 0 Å². The Morgan fingerprint density at radius 1 is 1.10 bits per heavy atom. The zero-order valence-electron chi connectivity index (χ0n) is 17.1. The second kappa shape index (κ2) is 8.63. The van der Waals surface area contributed by atoms with E-state index in [1.54, 1.807) is 36.8 Å². The monoisotopic (exact) mass is 420 g/mol. The van der Waals surface area contributed by atoms with Crippen LogP contribution in [0.3, 0.4) is 0 Å². The van der Waals surface area contributed by atoms with E-state index in [9.17, 15) is 18.8 Å². The Bertz CT molecular complexity index is 1090. The van der Waals surface area contributed by atoms with E-state index >= 15 is 0 Å². The van der Waals surface area contributed by atoms with E-state index in [4.69, 9.17) is 0 Å². The molecule has 0 aliphatic carbocycles. The van der Waals surface area contributed by atoms with Gasteiger partial charge in [0.25, 0.3) is 5.91 Å². The summed E-state index contributed by atoms with van der Waals surface area (Å²) in [6, 6.07) is 11.8. The molecule has 1 amide bonds. The number of H-pyrrole nitrogens is 1. The van der Waals surface area contributed by atoms with Gasteiger partial charge in [-0.3, -0.25) is 19.4 Å². The molecule has 1 aliphatic heterocycles. The molecule has 1 aromatic heterocycles. The average Bonchev–Trinajstić information content (AvgIpc) is 3.37. The van der Waals surface area contributed by atoms with Crippen LogP contribution in [0.2, 0.25) is 0 Å². The third-order valence-corrected chi connectivity index (χ3v) is 5.65. The lowest BCUT2D eigenvalue weighted by Gasteiger charge is -2.27. The van der Waals surface area contributed by atoms with Gasteiger partial charge in [-0.05, 0) is 24.6 Å². The number of hydrogen-bond donors (Lipinski definition) is 1. The quantitative estimate of drug-likeness (QED) is 0.276. The maximum Gasteiger partial charge on any atom is 0.291 e. The number of imidazole rings is 1. The molecule has 2 heterocycles. The van der Waals surface area contributed by atoms with Crippen LogP contribution in [-0.2, 0) is 16.1 Å². The molecule has 2 unspecified atom stereocenters. The molecule has 2 aromatic carbocycles. The first-order valence-corrected chi connectivity index (χ1v) is 10.2. The second-order valence-corrected chi connectivity index (χ2v) is 7.77. The van der Waals surface area contributed by atoms with E-state index in [0.29, 0.717) is 30.6 Å². The molecule has 2 atom stereocenters. The largest absolute Gasteiger partial charge is 0.328 e. The number of benzene rings is 2. The zero-order valence-corrected chi connectivity index (χ0v) is 17.1. The Morgan fingerprint density at radius 3 is 2.45 bits per heavy atom. The highest BCUT2D eigenvalue weighted by molar-refractivity contribution is 6.44. The van der Waals surface area contributed by atoms with Crippen molar-refractivity contribution in [1.82, 2.24) is 9.88 Å². The fraction of sp³-hybridized carbons (Fsp3) is 0.250. The van der Waals surface area contributed by atoms with Crippen molar-refractivity contribution in [2.75, 3.05) is 6.54 Å². The number of ketones is 2. The van der Waals surface area contributed by atoms with Crippen molar-refractivity contribution in [1.29, 1.82) is 0 Å². The summed E-state index contributed by atoms with van der Waals surface area (Å²) in [6.07, 6.45) is 6.07. The summed E-state index contributed by atoms with van der Waals surface area (Å²) in [5.74, 6) is -3.35. The molecule has 1 aliphatic rings. The fourth-order valence-electron chi connectivity index (χ4n) is 4.04. The number of nitrogens with one attached hydrogen (secondary N) is 1. The van der Waals surface area contributed by atoms with Crippen molar-refractivity contribution in [3.8, 4) is 0 Å². The molecule has 1 saturated heterocycles. The van der Waals surface area contributed by atoms with Crippen molar-refractivity contribution in [3.05, 3.63) is 89.8 Å². The first-order valence-electron chi connectivity index (χ1n) is 10.2. The summed E-state index contributed by atoms with van der Waals surface area (Å²) in [7, 11) is 0. The van der Waals surface area contributed by atoms with Crippen LogP contribution in [0, 0.1) is 18.7 Å². The number of carbonyl (C=O) groups is 3. The molecule has 1 fully saturated rings. The van der Waals surface area contributed by atoms with Crippen LogP contribution in [0.25, 0.3) is 0 Å². The number of amides is 1. The number of Topliss-reactive ketones (excluding diaryl/α,β-unsaturated/α-hetero) is 2. The van der Waals surface area contributed by atoms with Crippen molar-refractivity contribution in [2.24, 2.45) is 5.92 Å². The highest BCUT2D eigenvalue weighted by atomic mass is 19.1. The number of aromatic amines is 1. The molecule has 6 nitrogen and oxygen atoms in total. The van der Waals surface area contributed by atoms with Crippen LogP contribution in [-0.4, -0.2) is 33.9 Å². The molecule has 0 saturated carbocycles. The van der Waals surface area contributed by atoms with E-state index in [2.05, 4.69) is 4.98 Å². The summed E-state index contributed by atoms with van der Waals surface area (Å²) in [6.45, 7) is 2.86. The molecule has 7 heteroatoms. The topological polar surface area (TPSA) is 74.1 Å². The third kappa shape index (κ3) is 4.17. The normalized spacial score (nSPS) is 18.6. The van der Waals surface area contributed by atoms with Crippen LogP contribution in [0.1, 0.15) is 33.9 Å². The lowest BCUT2D eigenvalue weighted by Crippen LogP contribution is -2.36. The zero-order chi connectivity index (χ0) is 22.0. The lowest BCUT2D eigenvalue weighted by atomic mass is 9.86. The van der Waals surface area contributed by atoms with E-state index in [1.165, 1.54) is 29.2 Å². The van der Waals surface area contributed by atoms with Gasteiger partial charge in [-0.1, -0.05) is 42.0 Å². The van der Waals surface area contributed by atoms with Crippen molar-refractivity contribution >= 4 is 17.5 Å². The standard InChI is InChI=1S/C24H22FN3O3/c1-16-3-5-18(6-4-16)22(29)20-21(17-7-9-19(25)10-8-17)28(24(31)23(20)30)13-2-12-27-14-11-26-15-27/h3-11,14-15,20-21H,2,12-13H2,1H3/p+1. The van der Waals surface area contributed by atoms with E-state index in [-0.39, 0.29) is 0 Å². The molecule has 1 N–H and O–H groups in total. The minimum Gasteiger partial charge on any atom is -0.328 e. The Hall–Kier alpha value is -3.61. The van der Waals surface area contributed by atoms with E-state index in [1.807, 2.05) is 17.7 Å². The number of nitrogens with zero attached hydrogens (tertiary/aromatic N) is 2. The smallest absolute Gasteiger partial charge is 0.291 e. The summed E-state index contributed by atoms with van der Waals surface area (Å²) in [5.41, 5.74) is 1.94. The van der Waals surface area contributed by atoms with Gasteiger partial charge in [0.15, 0.2) is 5.78 Å². The molecular weight excluding hydrogens is 397 g/mol. The van der Waals surface area contributed by atoms with Crippen LogP contribution >= 0.6 is 0 Å². The first-order chi connectivity index (χ1) is 15.0. The van der Waals surface area contributed by atoms with E-state index in [0.717, 1.165) is 5.56 Å². The number of aryl methyl sites for hydroxylation is 2. The SMILES string of the molecule is Cc1ccc(C(=O)C2C(=O)C(=O)N(CCC[n+]3cc[nH]c3)C2c2ccc(F)cc2)cc1. The Labute approximate surface area is 179 Å². The van der Waals surface area contributed by atoms with Crippen molar-refractivity contribution in [2.45, 2.75) is 25.9 Å². The predicted octanol–water partition coefficient (Wildman–Crippen LogP) is 2.79. The minimum atomic E-state index is -1.15. The molecule has 0 radical (unpaired) electrons. The van der Waals surface area contributed by atoms with Crippen LogP contribution < -0.4 is 4.57 Å². The van der Waals surface area contributed by atoms with Gasteiger partial charge in [0.1, 0.15) is 24.1 Å².